The second-order valence-electron chi connectivity index (χ2n) is 6.87. The van der Waals surface area contributed by atoms with E-state index in [1.807, 2.05) is 24.3 Å². The van der Waals surface area contributed by atoms with E-state index in [9.17, 15) is 4.79 Å². The summed E-state index contributed by atoms with van der Waals surface area (Å²) in [5, 5.41) is 12.2. The normalized spacial score (nSPS) is 11.0. The third-order valence-electron chi connectivity index (χ3n) is 4.60. The Labute approximate surface area is 163 Å². The van der Waals surface area contributed by atoms with Crippen LogP contribution in [0.5, 0.6) is 0 Å². The highest BCUT2D eigenvalue weighted by Crippen LogP contribution is 2.18. The molecule has 0 aliphatic heterocycles. The van der Waals surface area contributed by atoms with Gasteiger partial charge >= 0.3 is 0 Å². The van der Waals surface area contributed by atoms with E-state index >= 15 is 0 Å². The van der Waals surface area contributed by atoms with E-state index in [-0.39, 0.29) is 5.91 Å². The first kappa shape index (κ1) is 21.4. The van der Waals surface area contributed by atoms with E-state index in [1.165, 1.54) is 5.39 Å². The Morgan fingerprint density at radius 2 is 1.44 bits per heavy atom. The smallest absolute Gasteiger partial charge is 0.224 e. The van der Waals surface area contributed by atoms with Crippen LogP contribution in [-0.2, 0) is 11.2 Å². The molecule has 148 valence electrons. The molecule has 2 aromatic carbocycles. The van der Waals surface area contributed by atoms with Crippen molar-refractivity contribution < 1.29 is 4.79 Å². The van der Waals surface area contributed by atoms with Gasteiger partial charge in [-0.05, 0) is 74.7 Å². The van der Waals surface area contributed by atoms with Crippen LogP contribution in [0.25, 0.3) is 10.8 Å². The lowest BCUT2D eigenvalue weighted by Crippen LogP contribution is -2.27. The summed E-state index contributed by atoms with van der Waals surface area (Å²) >= 11 is 0. The SMILES string of the molecule is NCCCNCCCNCCCCNC(=O)Cc1cccc2ccccc12. The Morgan fingerprint density at radius 1 is 0.778 bits per heavy atom. The van der Waals surface area contributed by atoms with Crippen molar-refractivity contribution >= 4 is 16.7 Å². The molecular weight excluding hydrogens is 336 g/mol. The molecular formula is C22H34N4O. The summed E-state index contributed by atoms with van der Waals surface area (Å²) in [5.74, 6) is 0.0999. The molecule has 0 aromatic heterocycles. The monoisotopic (exact) mass is 370 g/mol. The zero-order valence-electron chi connectivity index (χ0n) is 16.3. The summed E-state index contributed by atoms with van der Waals surface area (Å²) in [6, 6.07) is 14.4. The highest BCUT2D eigenvalue weighted by atomic mass is 16.1. The Morgan fingerprint density at radius 3 is 2.26 bits per heavy atom. The number of amides is 1. The maximum Gasteiger partial charge on any atom is 0.224 e. The van der Waals surface area contributed by atoms with Gasteiger partial charge in [-0.2, -0.15) is 0 Å². The second-order valence-corrected chi connectivity index (χ2v) is 6.87. The van der Waals surface area contributed by atoms with Crippen LogP contribution in [0.4, 0.5) is 0 Å². The van der Waals surface area contributed by atoms with Crippen LogP contribution >= 0.6 is 0 Å². The van der Waals surface area contributed by atoms with Gasteiger partial charge in [0.05, 0.1) is 6.42 Å². The van der Waals surface area contributed by atoms with Gasteiger partial charge in [-0.1, -0.05) is 42.5 Å². The largest absolute Gasteiger partial charge is 0.356 e. The average Bonchev–Trinajstić information content (AvgIpc) is 2.69. The zero-order valence-corrected chi connectivity index (χ0v) is 16.3. The number of nitrogens with two attached hydrogens (primary N) is 1. The maximum atomic E-state index is 12.2. The topological polar surface area (TPSA) is 79.2 Å². The molecule has 5 N–H and O–H groups in total. The molecule has 0 aliphatic rings. The molecule has 0 aliphatic carbocycles. The number of nitrogens with one attached hydrogen (secondary N) is 3. The number of carbonyl (C=O) groups is 1. The van der Waals surface area contributed by atoms with E-state index in [0.717, 1.165) is 75.9 Å². The summed E-state index contributed by atoms with van der Waals surface area (Å²) in [6.07, 6.45) is 4.70. The predicted molar refractivity (Wildman–Crippen MR) is 114 cm³/mol. The van der Waals surface area contributed by atoms with Crippen LogP contribution < -0.4 is 21.7 Å². The number of unbranched alkanes of at least 4 members (excludes halogenated alkanes) is 1. The molecule has 0 spiro atoms. The highest BCUT2D eigenvalue weighted by Gasteiger charge is 2.06. The summed E-state index contributed by atoms with van der Waals surface area (Å²) in [6.45, 7) is 5.58. The van der Waals surface area contributed by atoms with Gasteiger partial charge in [0.25, 0.3) is 0 Å². The molecule has 5 heteroatoms. The Balaban J connectivity index is 1.50. The van der Waals surface area contributed by atoms with Crippen molar-refractivity contribution in [2.75, 3.05) is 39.3 Å². The van der Waals surface area contributed by atoms with Crippen molar-refractivity contribution in [3.05, 3.63) is 48.0 Å². The number of hydrogen-bond donors (Lipinski definition) is 4. The molecule has 0 radical (unpaired) electrons. The fraction of sp³-hybridized carbons (Fsp3) is 0.500. The zero-order chi connectivity index (χ0) is 19.2. The predicted octanol–water partition coefficient (Wildman–Crippen LogP) is 2.20. The van der Waals surface area contributed by atoms with Gasteiger partial charge in [0.1, 0.15) is 0 Å². The number of fused-ring (bicyclic) bond motifs is 1. The molecule has 0 heterocycles. The fourth-order valence-corrected chi connectivity index (χ4v) is 3.10. The van der Waals surface area contributed by atoms with E-state index in [2.05, 4.69) is 34.1 Å². The van der Waals surface area contributed by atoms with Crippen molar-refractivity contribution in [1.82, 2.24) is 16.0 Å². The minimum Gasteiger partial charge on any atom is -0.356 e. The first-order valence-corrected chi connectivity index (χ1v) is 10.2. The van der Waals surface area contributed by atoms with Crippen LogP contribution in [-0.4, -0.2) is 45.2 Å². The van der Waals surface area contributed by atoms with Gasteiger partial charge in [0.2, 0.25) is 5.91 Å². The third kappa shape index (κ3) is 8.52. The Kier molecular flexibility index (Phi) is 10.5. The number of hydrogen-bond acceptors (Lipinski definition) is 4. The lowest BCUT2D eigenvalue weighted by molar-refractivity contribution is -0.120. The fourth-order valence-electron chi connectivity index (χ4n) is 3.10. The molecule has 2 rings (SSSR count). The van der Waals surface area contributed by atoms with Gasteiger partial charge in [-0.15, -0.1) is 0 Å². The average molecular weight is 371 g/mol. The number of benzene rings is 2. The van der Waals surface area contributed by atoms with Gasteiger partial charge in [0, 0.05) is 6.54 Å². The quantitative estimate of drug-likeness (QED) is 0.385. The van der Waals surface area contributed by atoms with Crippen LogP contribution in [0.15, 0.2) is 42.5 Å². The van der Waals surface area contributed by atoms with Gasteiger partial charge in [-0.25, -0.2) is 0 Å². The van der Waals surface area contributed by atoms with E-state index in [4.69, 9.17) is 5.73 Å². The lowest BCUT2D eigenvalue weighted by atomic mass is 10.0. The third-order valence-corrected chi connectivity index (χ3v) is 4.60. The summed E-state index contributed by atoms with van der Waals surface area (Å²) in [4.78, 5) is 12.2. The van der Waals surface area contributed by atoms with E-state index < -0.39 is 0 Å². The van der Waals surface area contributed by atoms with E-state index in [1.54, 1.807) is 0 Å². The van der Waals surface area contributed by atoms with E-state index in [0.29, 0.717) is 6.42 Å². The van der Waals surface area contributed by atoms with Crippen LogP contribution in [0.3, 0.4) is 0 Å². The summed E-state index contributed by atoms with van der Waals surface area (Å²) in [7, 11) is 0. The van der Waals surface area contributed by atoms with Crippen molar-refractivity contribution in [2.24, 2.45) is 5.73 Å². The van der Waals surface area contributed by atoms with Crippen molar-refractivity contribution in [3.63, 3.8) is 0 Å². The van der Waals surface area contributed by atoms with Crippen LogP contribution in [0, 0.1) is 0 Å². The first-order valence-electron chi connectivity index (χ1n) is 10.2. The Hall–Kier alpha value is -1.95. The maximum absolute atomic E-state index is 12.2. The molecule has 5 nitrogen and oxygen atoms in total. The Bertz CT molecular complexity index is 669. The van der Waals surface area contributed by atoms with Crippen LogP contribution in [0.1, 0.15) is 31.2 Å². The van der Waals surface area contributed by atoms with Crippen LogP contribution in [0.2, 0.25) is 0 Å². The molecule has 0 saturated heterocycles. The molecule has 1 amide bonds. The lowest BCUT2D eigenvalue weighted by Gasteiger charge is -2.09. The highest BCUT2D eigenvalue weighted by molar-refractivity contribution is 5.90. The van der Waals surface area contributed by atoms with Gasteiger partial charge < -0.3 is 21.7 Å². The second kappa shape index (κ2) is 13.3. The number of rotatable bonds is 14. The molecule has 27 heavy (non-hydrogen) atoms. The minimum absolute atomic E-state index is 0.0999. The van der Waals surface area contributed by atoms with Crippen molar-refractivity contribution in [1.29, 1.82) is 0 Å². The molecule has 0 unspecified atom stereocenters. The molecule has 0 fully saturated rings. The van der Waals surface area contributed by atoms with Gasteiger partial charge in [-0.3, -0.25) is 4.79 Å². The van der Waals surface area contributed by atoms with Crippen molar-refractivity contribution in [2.45, 2.75) is 32.1 Å². The summed E-state index contributed by atoms with van der Waals surface area (Å²) < 4.78 is 0. The number of carbonyl (C=O) groups excluding carboxylic acids is 1. The first-order chi connectivity index (χ1) is 13.3. The molecule has 0 bridgehead atoms. The standard InChI is InChI=1S/C22H34N4O/c23-12-6-14-25-16-7-15-24-13-3-4-17-26-22(27)18-20-10-5-9-19-8-1-2-11-21(19)20/h1-2,5,8-11,24-25H,3-4,6-7,12-18,23H2,(H,26,27). The molecule has 0 saturated carbocycles. The summed E-state index contributed by atoms with van der Waals surface area (Å²) in [5.41, 5.74) is 6.54. The van der Waals surface area contributed by atoms with Gasteiger partial charge in [0.15, 0.2) is 0 Å². The molecule has 0 atom stereocenters. The molecule has 2 aromatic rings. The minimum atomic E-state index is 0.0999. The van der Waals surface area contributed by atoms with Crippen molar-refractivity contribution in [3.8, 4) is 0 Å².